The Kier molecular flexibility index (Phi) is 12.4. The maximum absolute atomic E-state index is 13.0. The zero-order valence-corrected chi connectivity index (χ0v) is 18.4. The molecule has 0 aliphatic rings. The summed E-state index contributed by atoms with van der Waals surface area (Å²) in [6.07, 6.45) is 0. The molecular formula is C24H31NO4. The van der Waals surface area contributed by atoms with E-state index in [2.05, 4.69) is 0 Å². The van der Waals surface area contributed by atoms with Crippen molar-refractivity contribution in [3.8, 4) is 11.8 Å². The Labute approximate surface area is 174 Å². The summed E-state index contributed by atoms with van der Waals surface area (Å²) in [6.45, 7) is 11.6. The van der Waals surface area contributed by atoms with E-state index in [9.17, 15) is 9.59 Å². The first kappa shape index (κ1) is 25.9. The van der Waals surface area contributed by atoms with E-state index in [4.69, 9.17) is 14.7 Å². The number of hydrogen-bond donors (Lipinski definition) is 0. The Balaban J connectivity index is 0.00000184. The molecule has 5 nitrogen and oxygen atoms in total. The zero-order chi connectivity index (χ0) is 22.4. The summed E-state index contributed by atoms with van der Waals surface area (Å²) in [5.41, 5.74) is 2.04. The molecule has 0 aliphatic heterocycles. The van der Waals surface area contributed by atoms with Crippen molar-refractivity contribution in [1.29, 1.82) is 5.26 Å². The van der Waals surface area contributed by atoms with Crippen LogP contribution in [0, 0.1) is 18.3 Å². The number of aryl methyl sites for hydroxylation is 1. The Morgan fingerprint density at radius 3 is 2.07 bits per heavy atom. The van der Waals surface area contributed by atoms with Crippen molar-refractivity contribution in [3.63, 3.8) is 0 Å². The minimum absolute atomic E-state index is 0.186. The largest absolute Gasteiger partial charge is 0.497 e. The third-order valence-electron chi connectivity index (χ3n) is 3.85. The number of methoxy groups -OCH3 is 1. The number of ether oxygens (including phenoxy) is 2. The summed E-state index contributed by atoms with van der Waals surface area (Å²) in [6, 6.07) is 13.5. The highest BCUT2D eigenvalue weighted by Gasteiger charge is 2.31. The van der Waals surface area contributed by atoms with Crippen molar-refractivity contribution in [2.24, 2.45) is 0 Å². The Morgan fingerprint density at radius 1 is 1.03 bits per heavy atom. The molecule has 0 heterocycles. The summed E-state index contributed by atoms with van der Waals surface area (Å²) in [4.78, 5) is 25.4. The number of ketones is 1. The molecule has 0 fully saturated rings. The molecule has 0 saturated carbocycles. The molecule has 1 unspecified atom stereocenters. The second kappa shape index (κ2) is 14.0. The summed E-state index contributed by atoms with van der Waals surface area (Å²) in [5, 5.41) is 8.97. The molecule has 0 bridgehead atoms. The predicted octanol–water partition coefficient (Wildman–Crippen LogP) is 5.46. The van der Waals surface area contributed by atoms with Gasteiger partial charge in [-0.25, -0.2) is 0 Å². The van der Waals surface area contributed by atoms with Crippen molar-refractivity contribution in [1.82, 2.24) is 0 Å². The normalized spacial score (nSPS) is 10.1. The highest BCUT2D eigenvalue weighted by Crippen LogP contribution is 2.26. The van der Waals surface area contributed by atoms with Gasteiger partial charge in [0.1, 0.15) is 11.7 Å². The van der Waals surface area contributed by atoms with Crippen LogP contribution in [0.2, 0.25) is 0 Å². The second-order valence-electron chi connectivity index (χ2n) is 5.46. The van der Waals surface area contributed by atoms with Gasteiger partial charge >= 0.3 is 5.97 Å². The van der Waals surface area contributed by atoms with Crippen LogP contribution in [-0.4, -0.2) is 25.5 Å². The molecule has 0 N–H and O–H groups in total. The van der Waals surface area contributed by atoms with Gasteiger partial charge in [0.25, 0.3) is 0 Å². The van der Waals surface area contributed by atoms with E-state index in [1.54, 1.807) is 63.4 Å². The van der Waals surface area contributed by atoms with Crippen molar-refractivity contribution in [2.45, 2.75) is 47.5 Å². The van der Waals surface area contributed by atoms with Crippen LogP contribution in [0.15, 0.2) is 42.5 Å². The van der Waals surface area contributed by atoms with Crippen LogP contribution in [0.1, 0.15) is 67.6 Å². The molecule has 0 amide bonds. The smallest absolute Gasteiger partial charge is 0.321 e. The molecule has 156 valence electrons. The number of carbonyl (C=O) groups is 2. The van der Waals surface area contributed by atoms with E-state index in [0.29, 0.717) is 28.0 Å². The highest BCUT2D eigenvalue weighted by atomic mass is 16.5. The molecule has 2 aromatic carbocycles. The van der Waals surface area contributed by atoms with Crippen LogP contribution in [-0.2, 0) is 9.53 Å². The molecule has 0 aliphatic carbocycles. The van der Waals surface area contributed by atoms with E-state index in [1.165, 1.54) is 0 Å². The van der Waals surface area contributed by atoms with Crippen LogP contribution >= 0.6 is 0 Å². The average molecular weight is 398 g/mol. The van der Waals surface area contributed by atoms with Gasteiger partial charge in [-0.3, -0.25) is 9.59 Å². The molecule has 29 heavy (non-hydrogen) atoms. The van der Waals surface area contributed by atoms with Gasteiger partial charge in [0, 0.05) is 5.56 Å². The van der Waals surface area contributed by atoms with E-state index in [0.717, 1.165) is 0 Å². The van der Waals surface area contributed by atoms with Gasteiger partial charge < -0.3 is 9.47 Å². The summed E-state index contributed by atoms with van der Waals surface area (Å²) >= 11 is 0. The number of hydrogen-bond acceptors (Lipinski definition) is 5. The third kappa shape index (κ3) is 7.08. The van der Waals surface area contributed by atoms with E-state index >= 15 is 0 Å². The first-order valence-electron chi connectivity index (χ1n) is 9.87. The highest BCUT2D eigenvalue weighted by molar-refractivity contribution is 6.13. The van der Waals surface area contributed by atoms with E-state index in [-0.39, 0.29) is 12.4 Å². The van der Waals surface area contributed by atoms with E-state index < -0.39 is 11.9 Å². The Morgan fingerprint density at radius 2 is 1.62 bits per heavy atom. The zero-order valence-electron chi connectivity index (χ0n) is 18.4. The molecule has 0 aromatic heterocycles. The van der Waals surface area contributed by atoms with Crippen LogP contribution < -0.4 is 4.74 Å². The molecule has 0 saturated heterocycles. The van der Waals surface area contributed by atoms with Crippen LogP contribution in [0.3, 0.4) is 0 Å². The molecule has 2 rings (SSSR count). The number of rotatable bonds is 6. The molecule has 5 heteroatoms. The van der Waals surface area contributed by atoms with Crippen molar-refractivity contribution in [2.75, 3.05) is 13.7 Å². The second-order valence-corrected chi connectivity index (χ2v) is 5.46. The van der Waals surface area contributed by atoms with Gasteiger partial charge in [0.05, 0.1) is 25.3 Å². The lowest BCUT2D eigenvalue weighted by Crippen LogP contribution is -2.25. The summed E-state index contributed by atoms with van der Waals surface area (Å²) in [7, 11) is 1.54. The van der Waals surface area contributed by atoms with Gasteiger partial charge in [-0.1, -0.05) is 39.8 Å². The number of benzene rings is 2. The van der Waals surface area contributed by atoms with Gasteiger partial charge in [-0.15, -0.1) is 0 Å². The number of carbonyl (C=O) groups excluding carboxylic acids is 2. The molecule has 1 atom stereocenters. The maximum Gasteiger partial charge on any atom is 0.321 e. The quantitative estimate of drug-likeness (QED) is 0.368. The number of esters is 1. The molecule has 0 spiro atoms. The van der Waals surface area contributed by atoms with Crippen molar-refractivity contribution < 1.29 is 19.1 Å². The fraction of sp³-hybridized carbons (Fsp3) is 0.375. The predicted molar refractivity (Wildman–Crippen MR) is 115 cm³/mol. The van der Waals surface area contributed by atoms with Gasteiger partial charge in [0.2, 0.25) is 0 Å². The Bertz CT molecular complexity index is 820. The number of nitriles is 1. The Hall–Kier alpha value is -3.13. The number of Topliss-reactive ketones (excluding diaryl/α,β-unsaturated/α-hetero) is 1. The van der Waals surface area contributed by atoms with E-state index in [1.807, 2.05) is 33.8 Å². The van der Waals surface area contributed by atoms with Crippen LogP contribution in [0.25, 0.3) is 0 Å². The lowest BCUT2D eigenvalue weighted by molar-refractivity contribution is -0.143. The fourth-order valence-electron chi connectivity index (χ4n) is 2.58. The van der Waals surface area contributed by atoms with Crippen LogP contribution in [0.5, 0.6) is 5.75 Å². The van der Waals surface area contributed by atoms with Crippen LogP contribution in [0.4, 0.5) is 0 Å². The minimum Gasteiger partial charge on any atom is -0.497 e. The number of nitrogens with zero attached hydrogens (tertiary/aromatic N) is 1. The first-order valence-corrected chi connectivity index (χ1v) is 9.87. The lowest BCUT2D eigenvalue weighted by atomic mass is 9.88. The maximum atomic E-state index is 13.0. The standard InChI is InChI=1S/C20H19NO4.2C2H6/c1-4-25-20(23)18(15-6-8-16(24-3)9-7-15)19(22)17-10-5-14(12-21)11-13(17)2;2*1-2/h5-11,18H,4H2,1-3H3;2*1-2H3. The topological polar surface area (TPSA) is 76.4 Å². The molecule has 0 radical (unpaired) electrons. The molecule has 2 aromatic rings. The monoisotopic (exact) mass is 397 g/mol. The van der Waals surface area contributed by atoms with Gasteiger partial charge in [-0.2, -0.15) is 5.26 Å². The minimum atomic E-state index is -1.06. The lowest BCUT2D eigenvalue weighted by Gasteiger charge is -2.16. The van der Waals surface area contributed by atoms with Crippen molar-refractivity contribution >= 4 is 11.8 Å². The average Bonchev–Trinajstić information content (AvgIpc) is 2.77. The summed E-state index contributed by atoms with van der Waals surface area (Å²) in [5.74, 6) is -1.38. The van der Waals surface area contributed by atoms with Crippen molar-refractivity contribution in [3.05, 3.63) is 64.7 Å². The fourth-order valence-corrected chi connectivity index (χ4v) is 2.58. The van der Waals surface area contributed by atoms with Gasteiger partial charge in [-0.05, 0) is 55.3 Å². The molecular weight excluding hydrogens is 366 g/mol. The summed E-state index contributed by atoms with van der Waals surface area (Å²) < 4.78 is 10.2. The third-order valence-corrected chi connectivity index (χ3v) is 3.85. The first-order chi connectivity index (χ1) is 14.0. The SMILES string of the molecule is CC.CC.CCOC(=O)C(C(=O)c1ccc(C#N)cc1C)c1ccc(OC)cc1. The van der Waals surface area contributed by atoms with Gasteiger partial charge in [0.15, 0.2) is 5.78 Å².